The van der Waals surface area contributed by atoms with Crippen LogP contribution in [0.3, 0.4) is 0 Å². The Labute approximate surface area is 153 Å². The fourth-order valence-electron chi connectivity index (χ4n) is 2.67. The average molecular weight is 380 g/mol. The lowest BCUT2D eigenvalue weighted by atomic mass is 9.99. The van der Waals surface area contributed by atoms with E-state index in [1.54, 1.807) is 6.92 Å². The number of hydrogen-bond acceptors (Lipinski definition) is 7. The molecule has 2 aromatic carbocycles. The summed E-state index contributed by atoms with van der Waals surface area (Å²) in [5, 5.41) is 29.0. The zero-order chi connectivity index (χ0) is 18.8. The molecular formula is C17H15ClFN3O4. The number of carbonyl (C=O) groups excluding carboxylic acids is 1. The highest BCUT2D eigenvalue weighted by Gasteiger charge is 2.41. The minimum absolute atomic E-state index is 0.00885. The van der Waals surface area contributed by atoms with Crippen LogP contribution >= 0.6 is 11.6 Å². The van der Waals surface area contributed by atoms with Gasteiger partial charge in [0.1, 0.15) is 29.0 Å². The van der Waals surface area contributed by atoms with E-state index in [9.17, 15) is 19.4 Å². The largest absolute Gasteiger partial charge is 0.506 e. The van der Waals surface area contributed by atoms with Crippen molar-refractivity contribution in [1.29, 1.82) is 0 Å². The highest BCUT2D eigenvalue weighted by molar-refractivity contribution is 6.32. The number of phenols is 2. The maximum Gasteiger partial charge on any atom is 0.335 e. The summed E-state index contributed by atoms with van der Waals surface area (Å²) in [5.74, 6) is -1.64. The predicted molar refractivity (Wildman–Crippen MR) is 91.7 cm³/mol. The molecule has 7 nitrogen and oxygen atoms in total. The zero-order valence-electron chi connectivity index (χ0n) is 13.6. The first-order valence-corrected chi connectivity index (χ1v) is 8.13. The molecule has 2 atom stereocenters. The van der Waals surface area contributed by atoms with Crippen LogP contribution in [0.15, 0.2) is 46.7 Å². The van der Waals surface area contributed by atoms with Crippen molar-refractivity contribution in [3.8, 4) is 11.5 Å². The van der Waals surface area contributed by atoms with Crippen LogP contribution in [-0.4, -0.2) is 28.8 Å². The summed E-state index contributed by atoms with van der Waals surface area (Å²) < 4.78 is 18.3. The minimum Gasteiger partial charge on any atom is -0.506 e. The molecule has 0 aromatic heterocycles. The first-order chi connectivity index (χ1) is 12.4. The highest BCUT2D eigenvalue weighted by Crippen LogP contribution is 2.44. The van der Waals surface area contributed by atoms with Gasteiger partial charge in [0.15, 0.2) is 6.04 Å². The van der Waals surface area contributed by atoms with E-state index in [0.717, 1.165) is 6.07 Å². The first kappa shape index (κ1) is 17.9. The topological polar surface area (TPSA) is 94.7 Å². The number of phenolic OH excluding ortho intramolecular Hbond substituents is 2. The Kier molecular flexibility index (Phi) is 4.94. The summed E-state index contributed by atoms with van der Waals surface area (Å²) in [6.45, 7) is 1.83. The third-order valence-corrected chi connectivity index (χ3v) is 4.17. The van der Waals surface area contributed by atoms with Crippen LogP contribution in [-0.2, 0) is 9.53 Å². The third kappa shape index (κ3) is 3.28. The van der Waals surface area contributed by atoms with E-state index in [1.165, 1.54) is 35.3 Å². The van der Waals surface area contributed by atoms with Gasteiger partial charge in [0.05, 0.1) is 11.6 Å². The van der Waals surface area contributed by atoms with Crippen molar-refractivity contribution in [2.24, 2.45) is 10.3 Å². The SMILES string of the molecule is CCOC(=O)C1N=NN(c2cc(Cl)c(O)cc2O)C1c1ccc(F)cc1. The van der Waals surface area contributed by atoms with Crippen molar-refractivity contribution in [3.05, 3.63) is 52.8 Å². The quantitative estimate of drug-likeness (QED) is 0.789. The summed E-state index contributed by atoms with van der Waals surface area (Å²) in [4.78, 5) is 12.3. The van der Waals surface area contributed by atoms with E-state index in [2.05, 4.69) is 10.3 Å². The number of rotatable bonds is 4. The number of benzene rings is 2. The number of nitrogens with zero attached hydrogens (tertiary/aromatic N) is 3. The van der Waals surface area contributed by atoms with Crippen molar-refractivity contribution in [3.63, 3.8) is 0 Å². The molecule has 0 spiro atoms. The first-order valence-electron chi connectivity index (χ1n) is 7.76. The number of anilines is 1. The molecule has 1 aliphatic heterocycles. The Morgan fingerprint density at radius 1 is 1.27 bits per heavy atom. The predicted octanol–water partition coefficient (Wildman–Crippen LogP) is 3.75. The van der Waals surface area contributed by atoms with Gasteiger partial charge < -0.3 is 14.9 Å². The fraction of sp³-hybridized carbons (Fsp3) is 0.235. The summed E-state index contributed by atoms with van der Waals surface area (Å²) in [6, 6.07) is 6.06. The minimum atomic E-state index is -1.01. The number of aromatic hydroxyl groups is 2. The molecule has 0 amide bonds. The van der Waals surface area contributed by atoms with E-state index in [4.69, 9.17) is 16.3 Å². The van der Waals surface area contributed by atoms with Crippen LogP contribution in [0.25, 0.3) is 0 Å². The molecule has 2 N–H and O–H groups in total. The Bertz CT molecular complexity index is 860. The van der Waals surface area contributed by atoms with Crippen molar-refractivity contribution >= 4 is 23.3 Å². The van der Waals surface area contributed by atoms with Gasteiger partial charge in [0.2, 0.25) is 0 Å². The summed E-state index contributed by atoms with van der Waals surface area (Å²) in [7, 11) is 0. The lowest BCUT2D eigenvalue weighted by Crippen LogP contribution is -2.33. The van der Waals surface area contributed by atoms with Gasteiger partial charge >= 0.3 is 5.97 Å². The Morgan fingerprint density at radius 2 is 1.96 bits per heavy atom. The highest BCUT2D eigenvalue weighted by atomic mass is 35.5. The van der Waals surface area contributed by atoms with Crippen LogP contribution in [0, 0.1) is 5.82 Å². The summed E-state index contributed by atoms with van der Waals surface area (Å²) >= 11 is 5.93. The van der Waals surface area contributed by atoms with E-state index in [0.29, 0.717) is 5.56 Å². The maximum absolute atomic E-state index is 13.3. The number of hydrogen-bond donors (Lipinski definition) is 2. The second kappa shape index (κ2) is 7.17. The number of esters is 1. The molecule has 3 rings (SSSR count). The van der Waals surface area contributed by atoms with Gasteiger partial charge in [-0.15, -0.1) is 0 Å². The van der Waals surface area contributed by atoms with Gasteiger partial charge in [-0.3, -0.25) is 0 Å². The molecule has 136 valence electrons. The molecule has 0 radical (unpaired) electrons. The van der Waals surface area contributed by atoms with Crippen molar-refractivity contribution < 1.29 is 24.1 Å². The number of ether oxygens (including phenoxy) is 1. The van der Waals surface area contributed by atoms with E-state index in [-0.39, 0.29) is 28.8 Å². The summed E-state index contributed by atoms with van der Waals surface area (Å²) in [6.07, 6.45) is 0. The van der Waals surface area contributed by atoms with Crippen LogP contribution in [0.1, 0.15) is 18.5 Å². The van der Waals surface area contributed by atoms with Crippen LogP contribution in [0.5, 0.6) is 11.5 Å². The molecule has 1 aliphatic rings. The van der Waals surface area contributed by atoms with E-state index in [1.807, 2.05) is 0 Å². The number of halogens is 2. The van der Waals surface area contributed by atoms with Crippen LogP contribution in [0.2, 0.25) is 5.02 Å². The standard InChI is InChI=1S/C17H15ClFN3O4/c1-2-26-17(25)15-16(9-3-5-10(19)6-4-9)22(21-20-15)12-7-11(18)13(23)8-14(12)24/h3-8,15-16,23-24H,2H2,1H3. The van der Waals surface area contributed by atoms with E-state index < -0.39 is 23.9 Å². The van der Waals surface area contributed by atoms with Gasteiger partial charge in [-0.05, 0) is 30.7 Å². The molecule has 1 heterocycles. The van der Waals surface area contributed by atoms with Gasteiger partial charge in [0, 0.05) is 6.07 Å². The number of carbonyl (C=O) groups is 1. The lowest BCUT2D eigenvalue weighted by Gasteiger charge is -2.26. The molecule has 0 saturated heterocycles. The Hall–Kier alpha value is -2.87. The van der Waals surface area contributed by atoms with Gasteiger partial charge in [-0.25, -0.2) is 14.2 Å². The maximum atomic E-state index is 13.3. The Balaban J connectivity index is 2.06. The zero-order valence-corrected chi connectivity index (χ0v) is 14.4. The fourth-order valence-corrected chi connectivity index (χ4v) is 2.83. The molecule has 2 aromatic rings. The van der Waals surface area contributed by atoms with E-state index >= 15 is 0 Å². The van der Waals surface area contributed by atoms with Crippen LogP contribution in [0.4, 0.5) is 10.1 Å². The van der Waals surface area contributed by atoms with Crippen molar-refractivity contribution in [2.45, 2.75) is 19.0 Å². The smallest absolute Gasteiger partial charge is 0.335 e. The van der Waals surface area contributed by atoms with Gasteiger partial charge in [-0.2, -0.15) is 5.11 Å². The molecule has 2 unspecified atom stereocenters. The van der Waals surface area contributed by atoms with Gasteiger partial charge in [-0.1, -0.05) is 29.0 Å². The molecule has 0 aliphatic carbocycles. The van der Waals surface area contributed by atoms with Crippen molar-refractivity contribution in [1.82, 2.24) is 0 Å². The molecule has 9 heteroatoms. The monoisotopic (exact) mass is 379 g/mol. The molecular weight excluding hydrogens is 365 g/mol. The van der Waals surface area contributed by atoms with Gasteiger partial charge in [0.25, 0.3) is 0 Å². The second-order valence-electron chi connectivity index (χ2n) is 5.54. The lowest BCUT2D eigenvalue weighted by molar-refractivity contribution is -0.144. The summed E-state index contributed by atoms with van der Waals surface area (Å²) in [5.41, 5.74) is 0.677. The average Bonchev–Trinajstić information content (AvgIpc) is 3.04. The normalized spacial score (nSPS) is 19.0. The second-order valence-corrected chi connectivity index (χ2v) is 5.94. The Morgan fingerprint density at radius 3 is 2.62 bits per heavy atom. The molecule has 0 bridgehead atoms. The third-order valence-electron chi connectivity index (χ3n) is 3.87. The molecule has 0 fully saturated rings. The van der Waals surface area contributed by atoms with Crippen molar-refractivity contribution in [2.75, 3.05) is 11.6 Å². The molecule has 26 heavy (non-hydrogen) atoms. The van der Waals surface area contributed by atoms with Crippen LogP contribution < -0.4 is 5.01 Å². The molecule has 0 saturated carbocycles.